The topological polar surface area (TPSA) is 99.5 Å². The van der Waals surface area contributed by atoms with Crippen molar-refractivity contribution in [3.05, 3.63) is 126 Å². The first kappa shape index (κ1) is 35.9. The molecule has 1 aromatic heterocycles. The van der Waals surface area contributed by atoms with Gasteiger partial charge in [0.15, 0.2) is 11.5 Å². The second-order valence-electron chi connectivity index (χ2n) is 11.1. The van der Waals surface area contributed by atoms with Crippen LogP contribution >= 0.6 is 62.5 Å². The number of nitrogens with one attached hydrogen (secondary N) is 2. The van der Waals surface area contributed by atoms with Gasteiger partial charge in [0.2, 0.25) is 11.1 Å². The van der Waals surface area contributed by atoms with Crippen LogP contribution in [0.25, 0.3) is 0 Å². The maximum atomic E-state index is 14.3. The van der Waals surface area contributed by atoms with Crippen LogP contribution in [-0.2, 0) is 17.2 Å². The summed E-state index contributed by atoms with van der Waals surface area (Å²) in [6.45, 7) is 4.35. The van der Waals surface area contributed by atoms with Crippen molar-refractivity contribution in [2.75, 3.05) is 24.4 Å². The Hall–Kier alpha value is -3.87. The number of para-hydroxylation sites is 2. The Morgan fingerprint density at radius 3 is 2.52 bits per heavy atom. The van der Waals surface area contributed by atoms with Gasteiger partial charge < -0.3 is 24.8 Å². The van der Waals surface area contributed by atoms with Crippen molar-refractivity contribution in [3.63, 3.8) is 0 Å². The Bertz CT molecular complexity index is 2090. The number of fused-ring (bicyclic) bond motifs is 1. The van der Waals surface area contributed by atoms with Crippen molar-refractivity contribution < 1.29 is 19.0 Å². The van der Waals surface area contributed by atoms with Crippen molar-refractivity contribution >= 4 is 80.0 Å². The van der Waals surface area contributed by atoms with Gasteiger partial charge in [-0.1, -0.05) is 83.0 Å². The Balaban J connectivity index is 1.38. The van der Waals surface area contributed by atoms with E-state index < -0.39 is 6.04 Å². The van der Waals surface area contributed by atoms with Gasteiger partial charge in [0, 0.05) is 32.1 Å². The summed E-state index contributed by atoms with van der Waals surface area (Å²) in [7, 11) is 1.56. The summed E-state index contributed by atoms with van der Waals surface area (Å²) in [5.41, 5.74) is 3.99. The van der Waals surface area contributed by atoms with Crippen molar-refractivity contribution in [3.8, 4) is 17.2 Å². The molecule has 0 bridgehead atoms. The first-order chi connectivity index (χ1) is 24.2. The second-order valence-corrected chi connectivity index (χ2v) is 14.1. The molecule has 0 saturated heterocycles. The lowest BCUT2D eigenvalue weighted by Gasteiger charge is -2.29. The number of ether oxygens (including phenoxy) is 3. The summed E-state index contributed by atoms with van der Waals surface area (Å²) in [4.78, 5) is 19.1. The summed E-state index contributed by atoms with van der Waals surface area (Å²) < 4.78 is 20.1. The lowest BCUT2D eigenvalue weighted by Crippen LogP contribution is -2.31. The molecular formula is C36H31BrCl3N5O4S. The molecule has 0 saturated carbocycles. The fraction of sp³-hybridized carbons (Fsp3) is 0.194. The molecular weight excluding hydrogens is 785 g/mol. The van der Waals surface area contributed by atoms with E-state index in [2.05, 4.69) is 26.6 Å². The fourth-order valence-corrected chi connectivity index (χ4v) is 7.57. The highest BCUT2D eigenvalue weighted by molar-refractivity contribution is 9.10. The number of carbonyl (C=O) groups is 1. The van der Waals surface area contributed by atoms with E-state index in [1.807, 2.05) is 74.5 Å². The molecule has 2 N–H and O–H groups in total. The van der Waals surface area contributed by atoms with Crippen LogP contribution in [0, 0.1) is 0 Å². The predicted molar refractivity (Wildman–Crippen MR) is 203 cm³/mol. The molecule has 0 fully saturated rings. The van der Waals surface area contributed by atoms with Crippen LogP contribution < -0.4 is 24.8 Å². The summed E-state index contributed by atoms with van der Waals surface area (Å²) in [6, 6.07) is 23.2. The molecule has 1 amide bonds. The van der Waals surface area contributed by atoms with Gasteiger partial charge in [-0.2, -0.15) is 4.98 Å². The number of halogens is 4. The normalized spacial score (nSPS) is 13.8. The van der Waals surface area contributed by atoms with Gasteiger partial charge in [0.25, 0.3) is 5.91 Å². The molecule has 2 heterocycles. The Morgan fingerprint density at radius 1 is 0.980 bits per heavy atom. The van der Waals surface area contributed by atoms with Crippen LogP contribution in [0.4, 0.5) is 11.6 Å². The minimum atomic E-state index is -0.711. The number of benzene rings is 4. The largest absolute Gasteiger partial charge is 0.493 e. The molecule has 1 aliphatic rings. The molecule has 4 aromatic carbocycles. The number of rotatable bonds is 12. The zero-order valence-electron chi connectivity index (χ0n) is 27.1. The molecule has 258 valence electrons. The number of allylic oxidation sites excluding steroid dienone is 1. The highest BCUT2D eigenvalue weighted by atomic mass is 79.9. The summed E-state index contributed by atoms with van der Waals surface area (Å²) in [5, 5.41) is 13.4. The van der Waals surface area contributed by atoms with E-state index in [1.54, 1.807) is 30.0 Å². The highest BCUT2D eigenvalue weighted by Crippen LogP contribution is 2.44. The van der Waals surface area contributed by atoms with Crippen LogP contribution in [0.5, 0.6) is 17.2 Å². The molecule has 14 heteroatoms. The minimum absolute atomic E-state index is 0.169. The number of nitrogens with zero attached hydrogens (tertiary/aromatic N) is 3. The highest BCUT2D eigenvalue weighted by Gasteiger charge is 2.36. The molecule has 0 radical (unpaired) electrons. The number of carbonyl (C=O) groups excluding carboxylic acids is 1. The average Bonchev–Trinajstić information content (AvgIpc) is 3.50. The number of hydrogen-bond acceptors (Lipinski definition) is 8. The first-order valence-corrected chi connectivity index (χ1v) is 18.4. The molecule has 1 atom stereocenters. The monoisotopic (exact) mass is 813 g/mol. The van der Waals surface area contributed by atoms with Crippen molar-refractivity contribution in [1.82, 2.24) is 14.8 Å². The van der Waals surface area contributed by atoms with E-state index in [0.717, 1.165) is 11.1 Å². The molecule has 9 nitrogen and oxygen atoms in total. The van der Waals surface area contributed by atoms with Gasteiger partial charge in [0.05, 0.1) is 29.4 Å². The molecule has 0 spiro atoms. The molecule has 1 unspecified atom stereocenters. The number of amides is 1. The van der Waals surface area contributed by atoms with Gasteiger partial charge in [-0.3, -0.25) is 4.79 Å². The predicted octanol–water partition coefficient (Wildman–Crippen LogP) is 10.2. The van der Waals surface area contributed by atoms with Crippen LogP contribution in [0.15, 0.2) is 99.8 Å². The zero-order chi connectivity index (χ0) is 35.4. The van der Waals surface area contributed by atoms with Crippen LogP contribution in [-0.4, -0.2) is 34.4 Å². The summed E-state index contributed by atoms with van der Waals surface area (Å²) in [6.07, 6.45) is 0. The zero-order valence-corrected chi connectivity index (χ0v) is 31.8. The smallest absolute Gasteiger partial charge is 0.255 e. The molecule has 1 aliphatic heterocycles. The lowest BCUT2D eigenvalue weighted by molar-refractivity contribution is -0.113. The number of methoxy groups -OCH3 is 1. The second kappa shape index (κ2) is 16.0. The average molecular weight is 816 g/mol. The Morgan fingerprint density at radius 2 is 1.76 bits per heavy atom. The van der Waals surface area contributed by atoms with E-state index in [9.17, 15) is 4.79 Å². The quantitative estimate of drug-likeness (QED) is 0.120. The van der Waals surface area contributed by atoms with Gasteiger partial charge in [-0.05, 0) is 83.4 Å². The van der Waals surface area contributed by atoms with E-state index in [0.29, 0.717) is 82.8 Å². The van der Waals surface area contributed by atoms with Crippen molar-refractivity contribution in [2.45, 2.75) is 37.4 Å². The van der Waals surface area contributed by atoms with E-state index in [1.165, 1.54) is 11.8 Å². The molecule has 5 aromatic rings. The third-order valence-electron chi connectivity index (χ3n) is 7.78. The van der Waals surface area contributed by atoms with Crippen LogP contribution in [0.1, 0.15) is 36.6 Å². The third-order valence-corrected chi connectivity index (χ3v) is 10.2. The number of anilines is 2. The third kappa shape index (κ3) is 7.87. The molecule has 0 aliphatic carbocycles. The lowest BCUT2D eigenvalue weighted by atomic mass is 9.94. The Kier molecular flexibility index (Phi) is 11.5. The number of thioether (sulfide) groups is 1. The minimum Gasteiger partial charge on any atom is -0.493 e. The van der Waals surface area contributed by atoms with Gasteiger partial charge in [-0.25, -0.2) is 4.68 Å². The first-order valence-electron chi connectivity index (χ1n) is 15.4. The molecule has 6 rings (SSSR count). The Labute approximate surface area is 317 Å². The van der Waals surface area contributed by atoms with Crippen LogP contribution in [0.3, 0.4) is 0 Å². The summed E-state index contributed by atoms with van der Waals surface area (Å²) in [5.74, 6) is 2.16. The SMILES string of the molecule is CCOc1ccccc1NC(=O)C1=C(C)Nc2nc(SCc3ccccc3Cl)nn2C1c1cc(Br)c(OCc2ccc(Cl)cc2Cl)c(OC)c1. The van der Waals surface area contributed by atoms with Gasteiger partial charge in [-0.15, -0.1) is 5.10 Å². The van der Waals surface area contributed by atoms with E-state index in [4.69, 9.17) is 59.1 Å². The van der Waals surface area contributed by atoms with Crippen molar-refractivity contribution in [2.24, 2.45) is 0 Å². The van der Waals surface area contributed by atoms with E-state index >= 15 is 0 Å². The number of hydrogen-bond donors (Lipinski definition) is 2. The standard InChI is InChI=1S/C36H31BrCl3N5O4S/c1-4-48-29-12-8-7-11-28(29)42-34(46)31-20(2)41-35-43-36(50-19-22-9-5-6-10-26(22)39)44-45(35)32(31)23-15-25(37)33(30(16-23)47-3)49-18-21-13-14-24(38)17-27(21)40/h5-17,32H,4,18-19H2,1-3H3,(H,42,46)(H,41,43,44). The maximum Gasteiger partial charge on any atom is 0.255 e. The molecule has 50 heavy (non-hydrogen) atoms. The summed E-state index contributed by atoms with van der Waals surface area (Å²) >= 11 is 24.1. The maximum absolute atomic E-state index is 14.3. The number of aromatic nitrogens is 3. The van der Waals surface area contributed by atoms with Crippen molar-refractivity contribution in [1.29, 1.82) is 0 Å². The van der Waals surface area contributed by atoms with Gasteiger partial charge in [0.1, 0.15) is 18.4 Å². The van der Waals surface area contributed by atoms with Gasteiger partial charge >= 0.3 is 0 Å². The fourth-order valence-electron chi connectivity index (χ4n) is 5.42. The van der Waals surface area contributed by atoms with E-state index in [-0.39, 0.29) is 12.5 Å². The van der Waals surface area contributed by atoms with Crippen LogP contribution in [0.2, 0.25) is 15.1 Å².